The molecule has 3 rings (SSSR count). The van der Waals surface area contributed by atoms with Crippen molar-refractivity contribution in [3.8, 4) is 5.75 Å². The van der Waals surface area contributed by atoms with E-state index in [9.17, 15) is 0 Å². The quantitative estimate of drug-likeness (QED) is 0.755. The van der Waals surface area contributed by atoms with Crippen molar-refractivity contribution in [1.82, 2.24) is 0 Å². The molecule has 0 bridgehead atoms. The molecule has 0 aromatic heterocycles. The van der Waals surface area contributed by atoms with Gasteiger partial charge in [0.25, 0.3) is 0 Å². The number of benzene rings is 1. The van der Waals surface area contributed by atoms with Crippen LogP contribution in [0.15, 0.2) is 24.3 Å². The van der Waals surface area contributed by atoms with Crippen molar-refractivity contribution in [2.75, 3.05) is 7.11 Å². The first-order valence-electron chi connectivity index (χ1n) is 6.09. The fourth-order valence-electron chi connectivity index (χ4n) is 3.32. The van der Waals surface area contributed by atoms with Crippen LogP contribution in [0, 0.1) is 17.8 Å². The van der Waals surface area contributed by atoms with E-state index in [2.05, 4.69) is 40.2 Å². The number of alkyl halides is 1. The normalized spacial score (nSPS) is 33.2. The monoisotopic (exact) mass is 280 g/mol. The van der Waals surface area contributed by atoms with Crippen molar-refractivity contribution in [3.05, 3.63) is 29.8 Å². The molecule has 2 heteroatoms. The maximum atomic E-state index is 5.18. The van der Waals surface area contributed by atoms with Gasteiger partial charge in [-0.1, -0.05) is 34.5 Å². The highest BCUT2D eigenvalue weighted by Gasteiger charge is 2.55. The molecule has 2 aliphatic carbocycles. The number of fused-ring (bicyclic) bond motifs is 1. The zero-order valence-corrected chi connectivity index (χ0v) is 11.1. The van der Waals surface area contributed by atoms with Crippen LogP contribution in [0.5, 0.6) is 5.75 Å². The molecule has 2 saturated carbocycles. The molecule has 0 spiro atoms. The minimum absolute atomic E-state index is 0.550. The van der Waals surface area contributed by atoms with Crippen molar-refractivity contribution in [1.29, 1.82) is 0 Å². The highest BCUT2D eigenvalue weighted by molar-refractivity contribution is 9.09. The summed E-state index contributed by atoms with van der Waals surface area (Å²) in [7, 11) is 1.71. The zero-order chi connectivity index (χ0) is 11.1. The van der Waals surface area contributed by atoms with Crippen LogP contribution in [0.2, 0.25) is 0 Å². The number of rotatable bonds is 3. The lowest BCUT2D eigenvalue weighted by molar-refractivity contribution is 0.414. The third kappa shape index (κ3) is 1.67. The maximum absolute atomic E-state index is 5.18. The summed E-state index contributed by atoms with van der Waals surface area (Å²) in [5.74, 6) is 3.85. The molecule has 0 amide bonds. The average Bonchev–Trinajstić information content (AvgIpc) is 2.81. The van der Waals surface area contributed by atoms with E-state index in [0.29, 0.717) is 4.83 Å². The van der Waals surface area contributed by atoms with Gasteiger partial charge < -0.3 is 4.74 Å². The van der Waals surface area contributed by atoms with Crippen LogP contribution < -0.4 is 4.74 Å². The summed E-state index contributed by atoms with van der Waals surface area (Å²) in [6.07, 6.45) is 4.36. The van der Waals surface area contributed by atoms with Gasteiger partial charge in [0.05, 0.1) is 7.11 Å². The third-order valence-electron chi connectivity index (χ3n) is 4.24. The first kappa shape index (κ1) is 10.6. The molecule has 3 unspecified atom stereocenters. The molecule has 3 atom stereocenters. The summed E-state index contributed by atoms with van der Waals surface area (Å²) in [6.45, 7) is 0. The molecule has 86 valence electrons. The molecule has 0 aliphatic heterocycles. The largest absolute Gasteiger partial charge is 0.497 e. The number of methoxy groups -OCH3 is 1. The second-order valence-electron chi connectivity index (χ2n) is 5.01. The lowest BCUT2D eigenvalue weighted by Crippen LogP contribution is -1.98. The summed E-state index contributed by atoms with van der Waals surface area (Å²) in [5.41, 5.74) is 1.40. The number of ether oxygens (including phenoxy) is 1. The first-order chi connectivity index (χ1) is 7.81. The molecule has 0 heterocycles. The summed E-state index contributed by atoms with van der Waals surface area (Å²) < 4.78 is 5.18. The first-order valence-corrected chi connectivity index (χ1v) is 7.01. The van der Waals surface area contributed by atoms with Crippen LogP contribution >= 0.6 is 15.9 Å². The lowest BCUT2D eigenvalue weighted by Gasteiger charge is -2.12. The van der Waals surface area contributed by atoms with Gasteiger partial charge in [0.15, 0.2) is 0 Å². The van der Waals surface area contributed by atoms with Crippen molar-refractivity contribution >= 4 is 15.9 Å². The third-order valence-corrected chi connectivity index (χ3v) is 5.38. The molecule has 2 aliphatic rings. The molecule has 1 aromatic carbocycles. The molecule has 0 saturated heterocycles. The predicted molar refractivity (Wildman–Crippen MR) is 69.0 cm³/mol. The van der Waals surface area contributed by atoms with Crippen LogP contribution in [0.25, 0.3) is 0 Å². The fraction of sp³-hybridized carbons (Fsp3) is 0.571. The summed E-state index contributed by atoms with van der Waals surface area (Å²) in [6, 6.07) is 8.49. The highest BCUT2D eigenvalue weighted by atomic mass is 79.9. The minimum Gasteiger partial charge on any atom is -0.497 e. The Morgan fingerprint density at radius 1 is 1.19 bits per heavy atom. The van der Waals surface area contributed by atoms with Crippen molar-refractivity contribution in [3.63, 3.8) is 0 Å². The topological polar surface area (TPSA) is 9.23 Å². The molecule has 16 heavy (non-hydrogen) atoms. The Morgan fingerprint density at radius 3 is 2.38 bits per heavy atom. The van der Waals surface area contributed by atoms with Gasteiger partial charge >= 0.3 is 0 Å². The van der Waals surface area contributed by atoms with E-state index < -0.39 is 0 Å². The van der Waals surface area contributed by atoms with Crippen LogP contribution in [0.4, 0.5) is 0 Å². The minimum atomic E-state index is 0.550. The fourth-order valence-corrected chi connectivity index (χ4v) is 4.41. The van der Waals surface area contributed by atoms with Gasteiger partial charge in [0.1, 0.15) is 5.75 Å². The predicted octanol–water partition coefficient (Wildman–Crippen LogP) is 4.18. The summed E-state index contributed by atoms with van der Waals surface area (Å²) in [4.78, 5) is 0.550. The van der Waals surface area contributed by atoms with Crippen LogP contribution in [-0.4, -0.2) is 7.11 Å². The number of hydrogen-bond acceptors (Lipinski definition) is 1. The molecular weight excluding hydrogens is 264 g/mol. The van der Waals surface area contributed by atoms with Gasteiger partial charge in [0, 0.05) is 4.83 Å². The Kier molecular flexibility index (Phi) is 2.70. The van der Waals surface area contributed by atoms with Crippen molar-refractivity contribution in [2.24, 2.45) is 17.8 Å². The maximum Gasteiger partial charge on any atom is 0.118 e. The van der Waals surface area contributed by atoms with Gasteiger partial charge in [-0.3, -0.25) is 0 Å². The van der Waals surface area contributed by atoms with E-state index in [0.717, 1.165) is 23.5 Å². The van der Waals surface area contributed by atoms with Crippen molar-refractivity contribution < 1.29 is 4.74 Å². The Hall–Kier alpha value is -0.500. The van der Waals surface area contributed by atoms with Crippen LogP contribution in [-0.2, 0) is 0 Å². The van der Waals surface area contributed by atoms with E-state index in [1.165, 1.54) is 24.8 Å². The standard InChI is InChI=1S/C14H17BrO/c1-16-10-7-5-9(6-8-10)14(15)13-11-3-2-4-12(11)13/h5-8,11-14H,2-4H2,1H3. The summed E-state index contributed by atoms with van der Waals surface area (Å²) >= 11 is 3.87. The van der Waals surface area contributed by atoms with E-state index in [1.807, 2.05) is 0 Å². The lowest BCUT2D eigenvalue weighted by atomic mass is 10.0. The van der Waals surface area contributed by atoms with E-state index in [-0.39, 0.29) is 0 Å². The SMILES string of the molecule is COc1ccc(C(Br)C2C3CCCC32)cc1. The Bertz CT molecular complexity index is 363. The van der Waals surface area contributed by atoms with Gasteiger partial charge in [0.2, 0.25) is 0 Å². The molecule has 1 nitrogen and oxygen atoms in total. The zero-order valence-electron chi connectivity index (χ0n) is 9.53. The Balaban J connectivity index is 1.72. The van der Waals surface area contributed by atoms with Gasteiger partial charge in [-0.05, 0) is 48.3 Å². The van der Waals surface area contributed by atoms with Crippen molar-refractivity contribution in [2.45, 2.75) is 24.1 Å². The highest BCUT2D eigenvalue weighted by Crippen LogP contribution is 2.64. The Morgan fingerprint density at radius 2 is 1.81 bits per heavy atom. The molecular formula is C14H17BrO. The van der Waals surface area contributed by atoms with E-state index in [1.54, 1.807) is 7.11 Å². The number of halogens is 1. The van der Waals surface area contributed by atoms with E-state index in [4.69, 9.17) is 4.74 Å². The Labute approximate surface area is 105 Å². The average molecular weight is 281 g/mol. The molecule has 1 aromatic rings. The van der Waals surface area contributed by atoms with Gasteiger partial charge in [-0.15, -0.1) is 0 Å². The van der Waals surface area contributed by atoms with Crippen LogP contribution in [0.1, 0.15) is 29.7 Å². The van der Waals surface area contributed by atoms with Gasteiger partial charge in [-0.2, -0.15) is 0 Å². The van der Waals surface area contributed by atoms with E-state index >= 15 is 0 Å². The smallest absolute Gasteiger partial charge is 0.118 e. The number of hydrogen-bond donors (Lipinski definition) is 0. The molecule has 2 fully saturated rings. The summed E-state index contributed by atoms with van der Waals surface area (Å²) in [5, 5.41) is 0. The second kappa shape index (κ2) is 4.06. The molecule has 0 radical (unpaired) electrons. The second-order valence-corrected chi connectivity index (χ2v) is 6.00. The van der Waals surface area contributed by atoms with Crippen LogP contribution in [0.3, 0.4) is 0 Å². The van der Waals surface area contributed by atoms with Gasteiger partial charge in [-0.25, -0.2) is 0 Å². The molecule has 0 N–H and O–H groups in total.